The van der Waals surface area contributed by atoms with Crippen molar-refractivity contribution in [1.29, 1.82) is 0 Å². The summed E-state index contributed by atoms with van der Waals surface area (Å²) in [7, 11) is 0. The minimum Gasteiger partial charge on any atom is -0.289 e. The molecule has 34 heavy (non-hydrogen) atoms. The Bertz CT molecular complexity index is 943. The van der Waals surface area contributed by atoms with E-state index in [1.165, 1.54) is 12.1 Å². The topological polar surface area (TPSA) is 17.1 Å². The van der Waals surface area contributed by atoms with E-state index in [-0.39, 0.29) is 23.0 Å². The molecule has 2 fully saturated rings. The molecule has 0 spiro atoms. The second-order valence-electron chi connectivity index (χ2n) is 9.60. The van der Waals surface area contributed by atoms with Crippen molar-refractivity contribution in [2.75, 3.05) is 0 Å². The molecule has 0 atom stereocenters. The summed E-state index contributed by atoms with van der Waals surface area (Å²) in [6.45, 7) is 0. The van der Waals surface area contributed by atoms with Crippen LogP contribution in [0, 0.1) is 0 Å². The molecule has 2 aliphatic carbocycles. The second kappa shape index (κ2) is 9.74. The summed E-state index contributed by atoms with van der Waals surface area (Å²) in [4.78, 5) is 13.7. The maximum atomic E-state index is 13.7. The van der Waals surface area contributed by atoms with Gasteiger partial charge in [-0.15, -0.1) is 0 Å². The zero-order chi connectivity index (χ0) is 24.5. The number of hydrogen-bond acceptors (Lipinski definition) is 1. The minimum atomic E-state index is -4.54. The summed E-state index contributed by atoms with van der Waals surface area (Å²) >= 11 is 0. The Morgan fingerprint density at radius 3 is 1.26 bits per heavy atom. The lowest BCUT2D eigenvalue weighted by molar-refractivity contribution is -0.138. The van der Waals surface area contributed by atoms with Crippen molar-refractivity contribution < 1.29 is 31.1 Å². The van der Waals surface area contributed by atoms with Crippen LogP contribution in [-0.4, -0.2) is 5.78 Å². The van der Waals surface area contributed by atoms with Crippen molar-refractivity contribution in [3.63, 3.8) is 0 Å². The predicted octanol–water partition coefficient (Wildman–Crippen LogP) is 9.05. The molecule has 0 bridgehead atoms. The van der Waals surface area contributed by atoms with Crippen LogP contribution in [0.25, 0.3) is 0 Å². The fourth-order valence-electron chi connectivity index (χ4n) is 5.54. The maximum Gasteiger partial charge on any atom is 0.416 e. The molecule has 2 aromatic rings. The van der Waals surface area contributed by atoms with Crippen LogP contribution in [0.5, 0.6) is 0 Å². The summed E-state index contributed by atoms with van der Waals surface area (Å²) in [5.41, 5.74) is -0.509. The Morgan fingerprint density at radius 1 is 0.588 bits per heavy atom. The van der Waals surface area contributed by atoms with Crippen molar-refractivity contribution in [3.8, 4) is 0 Å². The van der Waals surface area contributed by atoms with Crippen LogP contribution in [0.2, 0.25) is 0 Å². The Morgan fingerprint density at radius 2 is 0.941 bits per heavy atom. The molecule has 0 aromatic heterocycles. The Balaban J connectivity index is 1.81. The van der Waals surface area contributed by atoms with Gasteiger partial charge in [-0.2, -0.15) is 26.3 Å². The zero-order valence-electron chi connectivity index (χ0n) is 18.9. The number of rotatable bonds is 4. The minimum absolute atomic E-state index is 0.164. The Kier molecular flexibility index (Phi) is 7.11. The van der Waals surface area contributed by atoms with E-state index >= 15 is 0 Å². The first-order valence-corrected chi connectivity index (χ1v) is 12.0. The van der Waals surface area contributed by atoms with Crippen LogP contribution < -0.4 is 0 Å². The lowest BCUT2D eigenvalue weighted by Crippen LogP contribution is -2.18. The van der Waals surface area contributed by atoms with E-state index < -0.39 is 29.3 Å². The molecule has 0 N–H and O–H groups in total. The van der Waals surface area contributed by atoms with Crippen LogP contribution in [-0.2, 0) is 12.4 Å². The number of carbonyl (C=O) groups excluding carboxylic acids is 1. The SMILES string of the molecule is O=C(c1ccc(C(F)(F)F)cc1C1CCCCC1)c1ccc(C(F)(F)F)cc1C1CCCCC1. The van der Waals surface area contributed by atoms with Crippen LogP contribution in [0.4, 0.5) is 26.3 Å². The van der Waals surface area contributed by atoms with E-state index in [2.05, 4.69) is 0 Å². The van der Waals surface area contributed by atoms with Crippen LogP contribution in [0.1, 0.15) is 114 Å². The van der Waals surface area contributed by atoms with E-state index in [4.69, 9.17) is 0 Å². The molecule has 2 saturated carbocycles. The van der Waals surface area contributed by atoms with Gasteiger partial charge >= 0.3 is 12.4 Å². The third-order valence-corrected chi connectivity index (χ3v) is 7.34. The number of halogens is 6. The second-order valence-corrected chi connectivity index (χ2v) is 9.60. The monoisotopic (exact) mass is 482 g/mol. The third kappa shape index (κ3) is 5.33. The Hall–Kier alpha value is -2.31. The van der Waals surface area contributed by atoms with E-state index in [0.717, 1.165) is 62.8 Å². The normalized spacial score (nSPS) is 18.8. The molecule has 0 aliphatic heterocycles. The maximum absolute atomic E-state index is 13.7. The van der Waals surface area contributed by atoms with Gasteiger partial charge in [0.15, 0.2) is 5.78 Å². The number of alkyl halides is 6. The fourth-order valence-corrected chi connectivity index (χ4v) is 5.54. The van der Waals surface area contributed by atoms with Crippen molar-refractivity contribution in [3.05, 3.63) is 69.8 Å². The fraction of sp³-hybridized carbons (Fsp3) is 0.519. The van der Waals surface area contributed by atoms with Gasteiger partial charge in [0.05, 0.1) is 11.1 Å². The predicted molar refractivity (Wildman–Crippen MR) is 118 cm³/mol. The van der Waals surface area contributed by atoms with E-state index in [1.807, 2.05) is 0 Å². The molecular formula is C27H28F6O. The van der Waals surface area contributed by atoms with Gasteiger partial charge in [0.25, 0.3) is 0 Å². The van der Waals surface area contributed by atoms with Crippen LogP contribution in [0.15, 0.2) is 36.4 Å². The molecule has 0 radical (unpaired) electrons. The molecule has 0 amide bonds. The molecule has 2 aliphatic rings. The quantitative estimate of drug-likeness (QED) is 0.314. The first kappa shape index (κ1) is 24.8. The molecule has 2 aromatic carbocycles. The molecular weight excluding hydrogens is 454 g/mol. The molecule has 184 valence electrons. The van der Waals surface area contributed by atoms with E-state index in [1.54, 1.807) is 0 Å². The van der Waals surface area contributed by atoms with E-state index in [0.29, 0.717) is 36.8 Å². The van der Waals surface area contributed by atoms with Crippen molar-refractivity contribution in [2.45, 2.75) is 88.4 Å². The number of benzene rings is 2. The number of hydrogen-bond donors (Lipinski definition) is 0. The van der Waals surface area contributed by atoms with Gasteiger partial charge < -0.3 is 0 Å². The number of carbonyl (C=O) groups is 1. The average molecular weight is 483 g/mol. The highest BCUT2D eigenvalue weighted by atomic mass is 19.4. The molecule has 0 saturated heterocycles. The van der Waals surface area contributed by atoms with Gasteiger partial charge in [0.1, 0.15) is 0 Å². The number of ketones is 1. The van der Waals surface area contributed by atoms with Gasteiger partial charge in [0.2, 0.25) is 0 Å². The Labute approximate surface area is 195 Å². The molecule has 1 nitrogen and oxygen atoms in total. The molecule has 0 heterocycles. The molecule has 0 unspecified atom stereocenters. The highest BCUT2D eigenvalue weighted by Gasteiger charge is 2.35. The summed E-state index contributed by atoms with van der Waals surface area (Å²) < 4.78 is 80.8. The first-order chi connectivity index (χ1) is 16.1. The third-order valence-electron chi connectivity index (χ3n) is 7.34. The van der Waals surface area contributed by atoms with Crippen LogP contribution in [0.3, 0.4) is 0 Å². The zero-order valence-corrected chi connectivity index (χ0v) is 18.9. The summed E-state index contributed by atoms with van der Waals surface area (Å²) in [6.07, 6.45) is -0.761. The molecule has 7 heteroatoms. The van der Waals surface area contributed by atoms with Crippen molar-refractivity contribution in [1.82, 2.24) is 0 Å². The average Bonchev–Trinajstić information content (AvgIpc) is 2.83. The van der Waals surface area contributed by atoms with Crippen molar-refractivity contribution >= 4 is 5.78 Å². The molecule has 4 rings (SSSR count). The highest BCUT2D eigenvalue weighted by Crippen LogP contribution is 2.42. The first-order valence-electron chi connectivity index (χ1n) is 12.0. The summed E-state index contributed by atoms with van der Waals surface area (Å²) in [5.74, 6) is -0.811. The summed E-state index contributed by atoms with van der Waals surface area (Å²) in [5, 5.41) is 0. The summed E-state index contributed by atoms with van der Waals surface area (Å²) in [6, 6.07) is 6.41. The van der Waals surface area contributed by atoms with Gasteiger partial charge in [-0.25, -0.2) is 0 Å². The largest absolute Gasteiger partial charge is 0.416 e. The van der Waals surface area contributed by atoms with Crippen LogP contribution >= 0.6 is 0 Å². The highest BCUT2D eigenvalue weighted by molar-refractivity contribution is 6.11. The lowest BCUT2D eigenvalue weighted by Gasteiger charge is -2.27. The van der Waals surface area contributed by atoms with E-state index in [9.17, 15) is 31.1 Å². The van der Waals surface area contributed by atoms with Gasteiger partial charge in [0, 0.05) is 11.1 Å². The standard InChI is InChI=1S/C27H28F6O/c28-26(29,30)19-11-13-21(23(15-19)17-7-3-1-4-8-17)25(34)22-14-12-20(27(31,32)33)16-24(22)18-9-5-2-6-10-18/h11-18H,1-10H2. The lowest BCUT2D eigenvalue weighted by atomic mass is 9.77. The van der Waals surface area contributed by atoms with Gasteiger partial charge in [-0.3, -0.25) is 4.79 Å². The van der Waals surface area contributed by atoms with Gasteiger partial charge in [-0.1, -0.05) is 50.7 Å². The smallest absolute Gasteiger partial charge is 0.289 e. The van der Waals surface area contributed by atoms with Crippen molar-refractivity contribution in [2.24, 2.45) is 0 Å². The van der Waals surface area contributed by atoms with Gasteiger partial charge in [-0.05, 0) is 72.9 Å².